The van der Waals surface area contributed by atoms with Crippen molar-refractivity contribution in [2.75, 3.05) is 12.1 Å². The van der Waals surface area contributed by atoms with Gasteiger partial charge in [0, 0.05) is 24.2 Å². The number of methoxy groups -OCH3 is 1. The molecule has 4 rings (SSSR count). The number of aliphatic imine (C=N–C) groups is 1. The van der Waals surface area contributed by atoms with Crippen molar-refractivity contribution in [2.45, 2.75) is 6.54 Å². The minimum Gasteiger partial charge on any atom is -0.497 e. The van der Waals surface area contributed by atoms with E-state index in [0.29, 0.717) is 23.9 Å². The highest BCUT2D eigenvalue weighted by molar-refractivity contribution is 5.67. The molecule has 0 aliphatic rings. The second-order valence-corrected chi connectivity index (χ2v) is 6.15. The Hall–Kier alpha value is -3.78. The molecule has 140 valence electrons. The van der Waals surface area contributed by atoms with Gasteiger partial charge in [0.1, 0.15) is 11.4 Å². The Morgan fingerprint density at radius 2 is 2.00 bits per heavy atom. The van der Waals surface area contributed by atoms with Crippen molar-refractivity contribution < 1.29 is 4.74 Å². The summed E-state index contributed by atoms with van der Waals surface area (Å²) in [7, 11) is 1.63. The molecule has 0 bridgehead atoms. The summed E-state index contributed by atoms with van der Waals surface area (Å²) in [6.45, 7) is 4.00. The van der Waals surface area contributed by atoms with E-state index in [0.717, 1.165) is 22.5 Å². The first-order chi connectivity index (χ1) is 13.7. The van der Waals surface area contributed by atoms with Gasteiger partial charge in [-0.2, -0.15) is 0 Å². The van der Waals surface area contributed by atoms with E-state index >= 15 is 0 Å². The molecule has 0 unspecified atom stereocenters. The highest BCUT2D eigenvalue weighted by Gasteiger charge is 2.14. The molecule has 0 fully saturated rings. The number of anilines is 1. The second kappa shape index (κ2) is 7.45. The molecule has 0 atom stereocenters. The lowest BCUT2D eigenvalue weighted by atomic mass is 10.1. The van der Waals surface area contributed by atoms with Gasteiger partial charge < -0.3 is 9.14 Å². The van der Waals surface area contributed by atoms with E-state index in [1.807, 2.05) is 53.2 Å². The standard InChI is InChI=1S/C20H19N7O/c1-22-19-20(25-17(11-24-19)15-4-6-16(28-2)7-5-15)27(21)13-14-3-8-18-23-9-10-26(18)12-14/h3-12H,1,13,21H2,2H3. The molecule has 8 heteroatoms. The largest absolute Gasteiger partial charge is 0.497 e. The van der Waals surface area contributed by atoms with Gasteiger partial charge in [0.2, 0.25) is 0 Å². The van der Waals surface area contributed by atoms with Gasteiger partial charge in [0.15, 0.2) is 11.6 Å². The van der Waals surface area contributed by atoms with Crippen molar-refractivity contribution in [3.05, 3.63) is 66.7 Å². The van der Waals surface area contributed by atoms with Crippen LogP contribution in [0.4, 0.5) is 11.6 Å². The third kappa shape index (κ3) is 3.40. The zero-order valence-corrected chi connectivity index (χ0v) is 15.4. The van der Waals surface area contributed by atoms with Gasteiger partial charge in [-0.15, -0.1) is 0 Å². The number of hydrazine groups is 1. The van der Waals surface area contributed by atoms with Crippen molar-refractivity contribution in [1.82, 2.24) is 19.4 Å². The molecular weight excluding hydrogens is 354 g/mol. The van der Waals surface area contributed by atoms with Crippen molar-refractivity contribution in [3.8, 4) is 17.0 Å². The molecule has 0 aliphatic heterocycles. The Morgan fingerprint density at radius 3 is 2.75 bits per heavy atom. The monoisotopic (exact) mass is 373 g/mol. The van der Waals surface area contributed by atoms with Gasteiger partial charge in [-0.1, -0.05) is 6.07 Å². The topological polar surface area (TPSA) is 93.9 Å². The fraction of sp³-hybridized carbons (Fsp3) is 0.100. The van der Waals surface area contributed by atoms with E-state index < -0.39 is 0 Å². The zero-order valence-electron chi connectivity index (χ0n) is 15.4. The molecule has 0 saturated carbocycles. The first-order valence-corrected chi connectivity index (χ1v) is 8.60. The summed E-state index contributed by atoms with van der Waals surface area (Å²) >= 11 is 0. The summed E-state index contributed by atoms with van der Waals surface area (Å²) in [4.78, 5) is 17.2. The third-order valence-corrected chi connectivity index (χ3v) is 4.35. The number of aromatic nitrogens is 4. The Labute approximate surface area is 161 Å². The molecule has 3 heterocycles. The van der Waals surface area contributed by atoms with Crippen LogP contribution in [0.15, 0.2) is 66.2 Å². The minimum atomic E-state index is 0.378. The lowest BCUT2D eigenvalue weighted by molar-refractivity contribution is 0.415. The molecule has 3 aromatic heterocycles. The lowest BCUT2D eigenvalue weighted by Gasteiger charge is -2.19. The summed E-state index contributed by atoms with van der Waals surface area (Å²) < 4.78 is 7.14. The Balaban J connectivity index is 1.65. The van der Waals surface area contributed by atoms with Gasteiger partial charge >= 0.3 is 0 Å². The van der Waals surface area contributed by atoms with E-state index in [4.69, 9.17) is 10.6 Å². The highest BCUT2D eigenvalue weighted by Crippen LogP contribution is 2.28. The average Bonchev–Trinajstić information content (AvgIpc) is 3.21. The maximum absolute atomic E-state index is 6.31. The van der Waals surface area contributed by atoms with E-state index in [1.165, 1.54) is 5.01 Å². The molecular formula is C20H19N7O. The first-order valence-electron chi connectivity index (χ1n) is 8.60. The van der Waals surface area contributed by atoms with Crippen LogP contribution >= 0.6 is 0 Å². The molecule has 1 aromatic carbocycles. The van der Waals surface area contributed by atoms with Crippen LogP contribution in [-0.2, 0) is 6.54 Å². The molecule has 8 nitrogen and oxygen atoms in total. The van der Waals surface area contributed by atoms with Gasteiger partial charge in [-0.05, 0) is 42.6 Å². The number of imidazole rings is 1. The summed E-state index contributed by atoms with van der Waals surface area (Å²) in [5.74, 6) is 7.92. The molecule has 2 N–H and O–H groups in total. The van der Waals surface area contributed by atoms with Gasteiger partial charge in [-0.3, -0.25) is 5.01 Å². The van der Waals surface area contributed by atoms with Crippen molar-refractivity contribution in [3.63, 3.8) is 0 Å². The normalized spacial score (nSPS) is 10.8. The number of rotatable bonds is 6. The van der Waals surface area contributed by atoms with E-state index in [2.05, 4.69) is 26.7 Å². The minimum absolute atomic E-state index is 0.378. The average molecular weight is 373 g/mol. The molecule has 0 amide bonds. The highest BCUT2D eigenvalue weighted by atomic mass is 16.5. The van der Waals surface area contributed by atoms with Crippen LogP contribution in [0.2, 0.25) is 0 Å². The van der Waals surface area contributed by atoms with Crippen LogP contribution in [0.3, 0.4) is 0 Å². The lowest BCUT2D eigenvalue weighted by Crippen LogP contribution is -2.31. The van der Waals surface area contributed by atoms with Crippen molar-refractivity contribution >= 4 is 24.0 Å². The number of fused-ring (bicyclic) bond motifs is 1. The smallest absolute Gasteiger partial charge is 0.196 e. The SMILES string of the molecule is C=Nc1ncc(-c2ccc(OC)cc2)nc1N(N)Cc1ccc2nccn2c1. The number of hydrogen-bond acceptors (Lipinski definition) is 7. The molecule has 0 radical (unpaired) electrons. The Kier molecular flexibility index (Phi) is 4.69. The quantitative estimate of drug-likeness (QED) is 0.317. The summed E-state index contributed by atoms with van der Waals surface area (Å²) in [6, 6.07) is 11.5. The second-order valence-electron chi connectivity index (χ2n) is 6.15. The fourth-order valence-corrected chi connectivity index (χ4v) is 2.91. The predicted molar refractivity (Wildman–Crippen MR) is 109 cm³/mol. The van der Waals surface area contributed by atoms with E-state index in [-0.39, 0.29) is 0 Å². The number of benzene rings is 1. The maximum atomic E-state index is 6.31. The van der Waals surface area contributed by atoms with Crippen molar-refractivity contribution in [1.29, 1.82) is 0 Å². The Morgan fingerprint density at radius 1 is 1.18 bits per heavy atom. The van der Waals surface area contributed by atoms with E-state index in [1.54, 1.807) is 19.5 Å². The van der Waals surface area contributed by atoms with Gasteiger partial charge in [0.25, 0.3) is 0 Å². The number of nitrogens with zero attached hydrogens (tertiary/aromatic N) is 6. The molecule has 0 saturated heterocycles. The van der Waals surface area contributed by atoms with Crippen LogP contribution in [0.5, 0.6) is 5.75 Å². The first kappa shape index (κ1) is 17.6. The number of nitrogens with two attached hydrogens (primary N) is 1. The van der Waals surface area contributed by atoms with Gasteiger partial charge in [0.05, 0.1) is 25.5 Å². The summed E-state index contributed by atoms with van der Waals surface area (Å²) in [6.07, 6.45) is 7.27. The number of pyridine rings is 1. The van der Waals surface area contributed by atoms with Crippen LogP contribution in [-0.4, -0.2) is 33.2 Å². The molecule has 0 aliphatic carbocycles. The number of ether oxygens (including phenoxy) is 1. The zero-order chi connectivity index (χ0) is 19.5. The van der Waals surface area contributed by atoms with Crippen LogP contribution in [0, 0.1) is 0 Å². The van der Waals surface area contributed by atoms with Crippen LogP contribution < -0.4 is 15.6 Å². The van der Waals surface area contributed by atoms with Crippen LogP contribution in [0.1, 0.15) is 5.56 Å². The third-order valence-electron chi connectivity index (χ3n) is 4.35. The van der Waals surface area contributed by atoms with Crippen LogP contribution in [0.25, 0.3) is 16.9 Å². The van der Waals surface area contributed by atoms with Crippen molar-refractivity contribution in [2.24, 2.45) is 10.8 Å². The van der Waals surface area contributed by atoms with E-state index in [9.17, 15) is 0 Å². The maximum Gasteiger partial charge on any atom is 0.196 e. The fourth-order valence-electron chi connectivity index (χ4n) is 2.91. The van der Waals surface area contributed by atoms with Gasteiger partial charge in [-0.25, -0.2) is 25.8 Å². The predicted octanol–water partition coefficient (Wildman–Crippen LogP) is 3.01. The summed E-state index contributed by atoms with van der Waals surface area (Å²) in [5, 5.41) is 1.52. The summed E-state index contributed by atoms with van der Waals surface area (Å²) in [5.41, 5.74) is 3.46. The molecule has 28 heavy (non-hydrogen) atoms. The molecule has 4 aromatic rings. The Bertz CT molecular complexity index is 1120. The molecule has 0 spiro atoms. The number of hydrogen-bond donors (Lipinski definition) is 1.